The Labute approximate surface area is 70.6 Å². The van der Waals surface area contributed by atoms with Crippen LogP contribution in [0.1, 0.15) is 34.1 Å². The Hall–Kier alpha value is -0.0400. The second kappa shape index (κ2) is 3.57. The zero-order chi connectivity index (χ0) is 8.43. The minimum absolute atomic E-state index is 0.735. The summed E-state index contributed by atoms with van der Waals surface area (Å²) >= 11 is 0. The SMILES string of the molecule is CC1CC(C(C)C)C(C)CN1. The van der Waals surface area contributed by atoms with E-state index in [1.165, 1.54) is 13.0 Å². The second-order valence-corrected chi connectivity index (χ2v) is 4.43. The Morgan fingerprint density at radius 3 is 2.36 bits per heavy atom. The molecule has 0 amide bonds. The molecule has 1 fully saturated rings. The number of piperidine rings is 1. The standard InChI is InChI=1S/C10H21N/c1-7(2)10-5-9(4)11-6-8(10)3/h7-11H,5-6H2,1-4H3. The highest BCUT2D eigenvalue weighted by Crippen LogP contribution is 2.28. The number of hydrogen-bond donors (Lipinski definition) is 1. The van der Waals surface area contributed by atoms with Crippen LogP contribution in [0.5, 0.6) is 0 Å². The lowest BCUT2D eigenvalue weighted by atomic mass is 9.77. The number of rotatable bonds is 1. The fourth-order valence-electron chi connectivity index (χ4n) is 2.19. The van der Waals surface area contributed by atoms with Gasteiger partial charge < -0.3 is 5.32 Å². The van der Waals surface area contributed by atoms with Crippen molar-refractivity contribution in [1.82, 2.24) is 5.32 Å². The highest BCUT2D eigenvalue weighted by molar-refractivity contribution is 4.81. The predicted octanol–water partition coefficient (Wildman–Crippen LogP) is 2.28. The van der Waals surface area contributed by atoms with E-state index in [0.29, 0.717) is 0 Å². The maximum Gasteiger partial charge on any atom is 0.00416 e. The van der Waals surface area contributed by atoms with Crippen LogP contribution in [0.2, 0.25) is 0 Å². The summed E-state index contributed by atoms with van der Waals surface area (Å²) in [5.41, 5.74) is 0. The fourth-order valence-corrected chi connectivity index (χ4v) is 2.19. The van der Waals surface area contributed by atoms with Crippen molar-refractivity contribution in [1.29, 1.82) is 0 Å². The van der Waals surface area contributed by atoms with E-state index >= 15 is 0 Å². The third-order valence-electron chi connectivity index (χ3n) is 3.00. The molecule has 0 aromatic heterocycles. The van der Waals surface area contributed by atoms with Crippen LogP contribution in [0.3, 0.4) is 0 Å². The van der Waals surface area contributed by atoms with Gasteiger partial charge in [-0.3, -0.25) is 0 Å². The molecule has 3 unspecified atom stereocenters. The largest absolute Gasteiger partial charge is 0.314 e. The molecule has 1 aliphatic rings. The summed E-state index contributed by atoms with van der Waals surface area (Å²) in [5, 5.41) is 3.52. The van der Waals surface area contributed by atoms with Gasteiger partial charge in [-0.15, -0.1) is 0 Å². The molecule has 0 aromatic carbocycles. The molecule has 0 spiro atoms. The summed E-state index contributed by atoms with van der Waals surface area (Å²) in [7, 11) is 0. The smallest absolute Gasteiger partial charge is 0.00416 e. The molecule has 66 valence electrons. The zero-order valence-electron chi connectivity index (χ0n) is 8.22. The van der Waals surface area contributed by atoms with Crippen molar-refractivity contribution in [2.45, 2.75) is 40.2 Å². The number of hydrogen-bond acceptors (Lipinski definition) is 1. The summed E-state index contributed by atoms with van der Waals surface area (Å²) in [5.74, 6) is 2.66. The fraction of sp³-hybridized carbons (Fsp3) is 1.00. The van der Waals surface area contributed by atoms with Crippen LogP contribution in [0.25, 0.3) is 0 Å². The van der Waals surface area contributed by atoms with Gasteiger partial charge in [-0.05, 0) is 37.6 Å². The normalized spacial score (nSPS) is 39.5. The van der Waals surface area contributed by atoms with Gasteiger partial charge in [-0.2, -0.15) is 0 Å². The molecule has 1 N–H and O–H groups in total. The van der Waals surface area contributed by atoms with Gasteiger partial charge in [-0.1, -0.05) is 20.8 Å². The molecule has 1 nitrogen and oxygen atoms in total. The van der Waals surface area contributed by atoms with Crippen LogP contribution in [-0.2, 0) is 0 Å². The summed E-state index contributed by atoms with van der Waals surface area (Å²) in [6.45, 7) is 10.6. The van der Waals surface area contributed by atoms with Crippen LogP contribution >= 0.6 is 0 Å². The highest BCUT2D eigenvalue weighted by Gasteiger charge is 2.26. The molecule has 0 saturated carbocycles. The molecule has 1 heterocycles. The monoisotopic (exact) mass is 155 g/mol. The van der Waals surface area contributed by atoms with Gasteiger partial charge >= 0.3 is 0 Å². The molecule has 1 rings (SSSR count). The van der Waals surface area contributed by atoms with Gasteiger partial charge in [-0.25, -0.2) is 0 Å². The molecule has 0 radical (unpaired) electrons. The quantitative estimate of drug-likeness (QED) is 0.612. The zero-order valence-corrected chi connectivity index (χ0v) is 8.22. The molecule has 1 aliphatic heterocycles. The van der Waals surface area contributed by atoms with E-state index in [9.17, 15) is 0 Å². The Balaban J connectivity index is 2.47. The maximum atomic E-state index is 3.52. The van der Waals surface area contributed by atoms with E-state index in [1.807, 2.05) is 0 Å². The van der Waals surface area contributed by atoms with Gasteiger partial charge in [0.15, 0.2) is 0 Å². The van der Waals surface area contributed by atoms with Crippen molar-refractivity contribution >= 4 is 0 Å². The maximum absolute atomic E-state index is 3.52. The van der Waals surface area contributed by atoms with Gasteiger partial charge in [0.2, 0.25) is 0 Å². The molecule has 0 aliphatic carbocycles. The van der Waals surface area contributed by atoms with E-state index in [0.717, 1.165) is 23.8 Å². The number of nitrogens with one attached hydrogen (secondary N) is 1. The molecule has 11 heavy (non-hydrogen) atoms. The van der Waals surface area contributed by atoms with E-state index in [4.69, 9.17) is 0 Å². The minimum Gasteiger partial charge on any atom is -0.314 e. The van der Waals surface area contributed by atoms with Crippen molar-refractivity contribution in [3.63, 3.8) is 0 Å². The van der Waals surface area contributed by atoms with Gasteiger partial charge in [0.05, 0.1) is 0 Å². The highest BCUT2D eigenvalue weighted by atomic mass is 14.9. The van der Waals surface area contributed by atoms with Gasteiger partial charge in [0.25, 0.3) is 0 Å². The lowest BCUT2D eigenvalue weighted by molar-refractivity contribution is 0.179. The average molecular weight is 155 g/mol. The minimum atomic E-state index is 0.735. The van der Waals surface area contributed by atoms with Crippen LogP contribution in [-0.4, -0.2) is 12.6 Å². The van der Waals surface area contributed by atoms with Crippen molar-refractivity contribution in [3.05, 3.63) is 0 Å². The first-order valence-corrected chi connectivity index (χ1v) is 4.84. The summed E-state index contributed by atoms with van der Waals surface area (Å²) in [6, 6.07) is 0.735. The van der Waals surface area contributed by atoms with E-state index in [-0.39, 0.29) is 0 Å². The summed E-state index contributed by atoms with van der Waals surface area (Å²) < 4.78 is 0. The first-order valence-electron chi connectivity index (χ1n) is 4.84. The third kappa shape index (κ3) is 2.19. The van der Waals surface area contributed by atoms with E-state index < -0.39 is 0 Å². The molecular formula is C10H21N. The molecule has 1 heteroatoms. The van der Waals surface area contributed by atoms with Crippen molar-refractivity contribution < 1.29 is 0 Å². The van der Waals surface area contributed by atoms with Crippen molar-refractivity contribution in [2.75, 3.05) is 6.54 Å². The molecule has 3 atom stereocenters. The Bertz CT molecular complexity index is 120. The average Bonchev–Trinajstić information content (AvgIpc) is 1.94. The predicted molar refractivity (Wildman–Crippen MR) is 49.6 cm³/mol. The van der Waals surface area contributed by atoms with Gasteiger partial charge in [0.1, 0.15) is 0 Å². The lowest BCUT2D eigenvalue weighted by Gasteiger charge is -2.36. The molecule has 0 aromatic rings. The second-order valence-electron chi connectivity index (χ2n) is 4.43. The van der Waals surface area contributed by atoms with Crippen LogP contribution in [0.4, 0.5) is 0 Å². The van der Waals surface area contributed by atoms with Crippen molar-refractivity contribution in [3.8, 4) is 0 Å². The van der Waals surface area contributed by atoms with Crippen molar-refractivity contribution in [2.24, 2.45) is 17.8 Å². The Morgan fingerprint density at radius 1 is 1.27 bits per heavy atom. The Morgan fingerprint density at radius 2 is 1.91 bits per heavy atom. The molecule has 1 saturated heterocycles. The van der Waals surface area contributed by atoms with Gasteiger partial charge in [0, 0.05) is 6.04 Å². The third-order valence-corrected chi connectivity index (χ3v) is 3.00. The summed E-state index contributed by atoms with van der Waals surface area (Å²) in [6.07, 6.45) is 1.36. The molecule has 0 bridgehead atoms. The topological polar surface area (TPSA) is 12.0 Å². The van der Waals surface area contributed by atoms with Crippen LogP contribution < -0.4 is 5.32 Å². The lowest BCUT2D eigenvalue weighted by Crippen LogP contribution is -2.42. The molecular weight excluding hydrogens is 134 g/mol. The Kier molecular flexibility index (Phi) is 2.94. The first-order chi connectivity index (χ1) is 5.11. The van der Waals surface area contributed by atoms with Crippen LogP contribution in [0.15, 0.2) is 0 Å². The summed E-state index contributed by atoms with van der Waals surface area (Å²) in [4.78, 5) is 0. The van der Waals surface area contributed by atoms with E-state index in [2.05, 4.69) is 33.0 Å². The van der Waals surface area contributed by atoms with E-state index in [1.54, 1.807) is 0 Å². The van der Waals surface area contributed by atoms with Crippen LogP contribution in [0, 0.1) is 17.8 Å². The first kappa shape index (κ1) is 9.05.